The van der Waals surface area contributed by atoms with Crippen LogP contribution in [0, 0.1) is 10.1 Å². The Morgan fingerprint density at radius 2 is 2.12 bits per heavy atom. The molecule has 0 spiro atoms. The van der Waals surface area contributed by atoms with Crippen LogP contribution in [0.2, 0.25) is 0 Å². The van der Waals surface area contributed by atoms with E-state index in [1.165, 1.54) is 6.07 Å². The molecule has 0 aromatic heterocycles. The Morgan fingerprint density at radius 3 is 2.59 bits per heavy atom. The number of ether oxygens (including phenoxy) is 1. The molecule has 5 heteroatoms. The van der Waals surface area contributed by atoms with Gasteiger partial charge in [-0.3, -0.25) is 10.1 Å². The van der Waals surface area contributed by atoms with Gasteiger partial charge >= 0.3 is 5.69 Å². The minimum atomic E-state index is -1.02. The maximum Gasteiger partial charge on any atom is 0.311 e. The van der Waals surface area contributed by atoms with E-state index in [9.17, 15) is 15.2 Å². The van der Waals surface area contributed by atoms with E-state index in [4.69, 9.17) is 4.74 Å². The first-order valence-corrected chi connectivity index (χ1v) is 5.46. The van der Waals surface area contributed by atoms with E-state index in [1.54, 1.807) is 26.0 Å². The highest BCUT2D eigenvalue weighted by atomic mass is 16.6. The quantitative estimate of drug-likeness (QED) is 0.632. The molecule has 17 heavy (non-hydrogen) atoms. The number of nitrogens with zero attached hydrogens (tertiary/aromatic N) is 1. The summed E-state index contributed by atoms with van der Waals surface area (Å²) < 4.78 is 5.27. The predicted octanol–water partition coefficient (Wildman–Crippen LogP) is 2.31. The van der Waals surface area contributed by atoms with Gasteiger partial charge < -0.3 is 9.84 Å². The van der Waals surface area contributed by atoms with Gasteiger partial charge in [0, 0.05) is 6.07 Å². The second kappa shape index (κ2) is 5.14. The van der Waals surface area contributed by atoms with E-state index in [0.717, 1.165) is 12.0 Å². The summed E-state index contributed by atoms with van der Waals surface area (Å²) in [4.78, 5) is 10.4. The number of nitro groups is 1. The number of nitro benzene ring substituents is 1. The molecule has 0 fully saturated rings. The molecule has 0 aliphatic heterocycles. The van der Waals surface area contributed by atoms with E-state index in [0.29, 0.717) is 0 Å². The average Bonchev–Trinajstić information content (AvgIpc) is 2.25. The molecular weight excluding hydrogens is 222 g/mol. The number of hydrogen-bond donors (Lipinski definition) is 1. The van der Waals surface area contributed by atoms with Gasteiger partial charge in [-0.1, -0.05) is 13.0 Å². The first-order valence-electron chi connectivity index (χ1n) is 5.46. The van der Waals surface area contributed by atoms with Gasteiger partial charge in [0.2, 0.25) is 0 Å². The van der Waals surface area contributed by atoms with E-state index in [-0.39, 0.29) is 18.0 Å². The zero-order valence-electron chi connectivity index (χ0n) is 10.3. The topological polar surface area (TPSA) is 72.6 Å². The summed E-state index contributed by atoms with van der Waals surface area (Å²) in [5.74, 6) is 0.189. The van der Waals surface area contributed by atoms with Crippen molar-refractivity contribution in [3.8, 4) is 5.75 Å². The molecule has 0 unspecified atom stereocenters. The Hall–Kier alpha value is -1.62. The van der Waals surface area contributed by atoms with Crippen molar-refractivity contribution in [3.05, 3.63) is 33.9 Å². The molecule has 0 saturated carbocycles. The molecule has 0 bridgehead atoms. The fourth-order valence-electron chi connectivity index (χ4n) is 1.30. The number of rotatable bonds is 5. The van der Waals surface area contributed by atoms with Crippen molar-refractivity contribution < 1.29 is 14.8 Å². The van der Waals surface area contributed by atoms with Gasteiger partial charge in [-0.15, -0.1) is 0 Å². The summed E-state index contributed by atoms with van der Waals surface area (Å²) in [6.07, 6.45) is 0.729. The van der Waals surface area contributed by atoms with Crippen molar-refractivity contribution in [1.29, 1.82) is 0 Å². The molecule has 1 aromatic carbocycles. The van der Waals surface area contributed by atoms with Gasteiger partial charge in [-0.25, -0.2) is 0 Å². The highest BCUT2D eigenvalue weighted by Crippen LogP contribution is 2.28. The van der Waals surface area contributed by atoms with Crippen molar-refractivity contribution in [3.63, 3.8) is 0 Å². The lowest BCUT2D eigenvalue weighted by atomic mass is 10.1. The Kier molecular flexibility index (Phi) is 4.07. The zero-order valence-corrected chi connectivity index (χ0v) is 10.3. The first-order chi connectivity index (χ1) is 7.83. The highest BCUT2D eigenvalue weighted by molar-refractivity contribution is 5.48. The molecular formula is C12H17NO4. The van der Waals surface area contributed by atoms with E-state index >= 15 is 0 Å². The van der Waals surface area contributed by atoms with E-state index < -0.39 is 10.5 Å². The zero-order chi connectivity index (χ0) is 13.1. The van der Waals surface area contributed by atoms with Crippen LogP contribution in [-0.4, -0.2) is 22.2 Å². The number of aliphatic hydroxyl groups is 1. The fourth-order valence-corrected chi connectivity index (χ4v) is 1.30. The third-order valence-electron chi connectivity index (χ3n) is 2.21. The van der Waals surface area contributed by atoms with Crippen LogP contribution in [0.5, 0.6) is 5.75 Å². The molecule has 0 heterocycles. The van der Waals surface area contributed by atoms with Crippen LogP contribution in [0.15, 0.2) is 18.2 Å². The second-order valence-corrected chi connectivity index (χ2v) is 4.51. The van der Waals surface area contributed by atoms with Gasteiger partial charge in [0.1, 0.15) is 6.61 Å². The summed E-state index contributed by atoms with van der Waals surface area (Å²) in [5, 5.41) is 20.4. The highest BCUT2D eigenvalue weighted by Gasteiger charge is 2.19. The molecule has 0 aliphatic rings. The maximum absolute atomic E-state index is 10.9. The molecule has 5 nitrogen and oxygen atoms in total. The Labute approximate surface area is 100 Å². The van der Waals surface area contributed by atoms with Crippen LogP contribution >= 0.6 is 0 Å². The number of aryl methyl sites for hydroxylation is 1. The van der Waals surface area contributed by atoms with Crippen LogP contribution in [0.25, 0.3) is 0 Å². The molecule has 0 atom stereocenters. The van der Waals surface area contributed by atoms with Crippen LogP contribution in [0.3, 0.4) is 0 Å². The van der Waals surface area contributed by atoms with Crippen molar-refractivity contribution in [2.24, 2.45) is 0 Å². The SMILES string of the molecule is CCc1ccc(OCC(C)(C)O)c([N+](=O)[O-])c1. The molecule has 0 amide bonds. The van der Waals surface area contributed by atoms with Gasteiger partial charge in [-0.2, -0.15) is 0 Å². The second-order valence-electron chi connectivity index (χ2n) is 4.51. The average molecular weight is 239 g/mol. The standard InChI is InChI=1S/C12H17NO4/c1-4-9-5-6-11(10(7-9)13(15)16)17-8-12(2,3)14/h5-7,14H,4,8H2,1-3H3. The van der Waals surface area contributed by atoms with Gasteiger partial charge in [0.15, 0.2) is 5.75 Å². The number of hydrogen-bond acceptors (Lipinski definition) is 4. The molecule has 1 aromatic rings. The van der Waals surface area contributed by atoms with Crippen molar-refractivity contribution in [2.75, 3.05) is 6.61 Å². The normalized spacial score (nSPS) is 11.3. The lowest BCUT2D eigenvalue weighted by Crippen LogP contribution is -2.28. The summed E-state index contributed by atoms with van der Waals surface area (Å²) in [6, 6.07) is 4.86. The van der Waals surface area contributed by atoms with Gasteiger partial charge in [0.25, 0.3) is 0 Å². The minimum Gasteiger partial charge on any atom is -0.484 e. The first kappa shape index (κ1) is 13.4. The maximum atomic E-state index is 10.9. The molecule has 0 aliphatic carbocycles. The molecule has 1 N–H and O–H groups in total. The third-order valence-corrected chi connectivity index (χ3v) is 2.21. The summed E-state index contributed by atoms with van der Waals surface area (Å²) in [7, 11) is 0. The Bertz CT molecular complexity index is 409. The fraction of sp³-hybridized carbons (Fsp3) is 0.500. The van der Waals surface area contributed by atoms with Crippen molar-refractivity contribution in [2.45, 2.75) is 32.8 Å². The lowest BCUT2D eigenvalue weighted by Gasteiger charge is -2.17. The van der Waals surface area contributed by atoms with E-state index in [2.05, 4.69) is 0 Å². The van der Waals surface area contributed by atoms with Crippen LogP contribution < -0.4 is 4.74 Å². The van der Waals surface area contributed by atoms with Crippen LogP contribution in [0.1, 0.15) is 26.3 Å². The van der Waals surface area contributed by atoms with Crippen LogP contribution in [-0.2, 0) is 6.42 Å². The summed E-state index contributed by atoms with van der Waals surface area (Å²) in [6.45, 7) is 5.11. The third kappa shape index (κ3) is 4.03. The van der Waals surface area contributed by atoms with Gasteiger partial charge in [0.05, 0.1) is 10.5 Å². The predicted molar refractivity (Wildman–Crippen MR) is 64.3 cm³/mol. The molecule has 1 rings (SSSR count). The smallest absolute Gasteiger partial charge is 0.311 e. The largest absolute Gasteiger partial charge is 0.484 e. The molecule has 0 radical (unpaired) electrons. The molecule has 94 valence electrons. The van der Waals surface area contributed by atoms with Crippen LogP contribution in [0.4, 0.5) is 5.69 Å². The Balaban J connectivity index is 2.95. The molecule has 0 saturated heterocycles. The van der Waals surface area contributed by atoms with Crippen molar-refractivity contribution in [1.82, 2.24) is 0 Å². The Morgan fingerprint density at radius 1 is 1.47 bits per heavy atom. The van der Waals surface area contributed by atoms with E-state index in [1.807, 2.05) is 6.92 Å². The van der Waals surface area contributed by atoms with Gasteiger partial charge in [-0.05, 0) is 31.9 Å². The minimum absolute atomic E-state index is 0.0132. The van der Waals surface area contributed by atoms with Crippen molar-refractivity contribution >= 4 is 5.69 Å². The lowest BCUT2D eigenvalue weighted by molar-refractivity contribution is -0.386. The number of benzene rings is 1. The monoisotopic (exact) mass is 239 g/mol. The summed E-state index contributed by atoms with van der Waals surface area (Å²) >= 11 is 0. The summed E-state index contributed by atoms with van der Waals surface area (Å²) in [5.41, 5.74) is -0.196.